The van der Waals surface area contributed by atoms with Crippen molar-refractivity contribution in [3.8, 4) is 0 Å². The summed E-state index contributed by atoms with van der Waals surface area (Å²) in [5, 5.41) is 3.38. The highest BCUT2D eigenvalue weighted by Crippen LogP contribution is 2.27. The average Bonchev–Trinajstić information content (AvgIpc) is 2.61. The molecule has 0 aromatic heterocycles. The summed E-state index contributed by atoms with van der Waals surface area (Å²) in [4.78, 5) is 0. The van der Waals surface area contributed by atoms with Crippen molar-refractivity contribution in [3.05, 3.63) is 77.6 Å². The highest BCUT2D eigenvalue weighted by atomic mass is 19.1. The average molecular weight is 311 g/mol. The predicted molar refractivity (Wildman–Crippen MR) is 91.8 cm³/mol. The van der Waals surface area contributed by atoms with Gasteiger partial charge < -0.3 is 10.1 Å². The third kappa shape index (κ3) is 4.50. The second-order valence-electron chi connectivity index (χ2n) is 5.84. The summed E-state index contributed by atoms with van der Waals surface area (Å²) >= 11 is 0. The molecule has 0 aliphatic carbocycles. The first kappa shape index (κ1) is 15.9. The number of piperidine rings is 1. The lowest BCUT2D eigenvalue weighted by atomic mass is 9.88. The number of hydrogen-bond acceptors (Lipinski definition) is 2. The first-order chi connectivity index (χ1) is 11.3. The Morgan fingerprint density at radius 1 is 1.09 bits per heavy atom. The van der Waals surface area contributed by atoms with Gasteiger partial charge in [-0.05, 0) is 36.2 Å². The van der Waals surface area contributed by atoms with Gasteiger partial charge >= 0.3 is 0 Å². The van der Waals surface area contributed by atoms with Crippen LogP contribution in [0.2, 0.25) is 0 Å². The summed E-state index contributed by atoms with van der Waals surface area (Å²) in [6.45, 7) is 2.39. The van der Waals surface area contributed by atoms with Crippen molar-refractivity contribution in [2.45, 2.75) is 18.4 Å². The topological polar surface area (TPSA) is 21.3 Å². The molecule has 1 aliphatic heterocycles. The molecule has 2 aromatic carbocycles. The number of hydrogen-bond donors (Lipinski definition) is 1. The Morgan fingerprint density at radius 2 is 1.87 bits per heavy atom. The Balaban J connectivity index is 1.58. The van der Waals surface area contributed by atoms with E-state index in [0.29, 0.717) is 12.5 Å². The molecular formula is C20H22FNO. The first-order valence-electron chi connectivity index (χ1n) is 8.12. The predicted octanol–water partition coefficient (Wildman–Crippen LogP) is 4.00. The van der Waals surface area contributed by atoms with Crippen LogP contribution in [0.25, 0.3) is 6.08 Å². The molecule has 3 heteroatoms. The largest absolute Gasteiger partial charge is 0.372 e. The van der Waals surface area contributed by atoms with Crippen LogP contribution in [0.3, 0.4) is 0 Å². The zero-order valence-electron chi connectivity index (χ0n) is 13.1. The molecule has 2 aromatic rings. The van der Waals surface area contributed by atoms with E-state index in [-0.39, 0.29) is 11.9 Å². The molecule has 1 aliphatic rings. The molecule has 0 radical (unpaired) electrons. The molecule has 2 nitrogen and oxygen atoms in total. The van der Waals surface area contributed by atoms with E-state index in [1.807, 2.05) is 36.4 Å². The normalized spacial score (nSPS) is 21.6. The fraction of sp³-hybridized carbons (Fsp3) is 0.300. The molecule has 0 amide bonds. The highest BCUT2D eigenvalue weighted by Gasteiger charge is 2.26. The highest BCUT2D eigenvalue weighted by molar-refractivity contribution is 5.48. The Labute approximate surface area is 137 Å². The van der Waals surface area contributed by atoms with Crippen LogP contribution in [-0.2, 0) is 4.74 Å². The molecule has 1 saturated heterocycles. The molecule has 2 unspecified atom stereocenters. The van der Waals surface area contributed by atoms with E-state index < -0.39 is 0 Å². The molecular weight excluding hydrogens is 289 g/mol. The maximum atomic E-state index is 13.1. The lowest BCUT2D eigenvalue weighted by Gasteiger charge is -2.32. The number of benzene rings is 2. The summed E-state index contributed by atoms with van der Waals surface area (Å²) in [5.41, 5.74) is 2.33. The van der Waals surface area contributed by atoms with Gasteiger partial charge in [0, 0.05) is 12.5 Å². The van der Waals surface area contributed by atoms with Gasteiger partial charge in [-0.1, -0.05) is 54.6 Å². The van der Waals surface area contributed by atoms with Crippen LogP contribution in [0, 0.1) is 5.82 Å². The lowest BCUT2D eigenvalue weighted by Crippen LogP contribution is -2.41. The molecule has 1 fully saturated rings. The Bertz CT molecular complexity index is 624. The van der Waals surface area contributed by atoms with Gasteiger partial charge in [-0.2, -0.15) is 0 Å². The van der Waals surface area contributed by atoms with Crippen molar-refractivity contribution in [1.29, 1.82) is 0 Å². The van der Waals surface area contributed by atoms with Crippen molar-refractivity contribution >= 4 is 6.08 Å². The standard InChI is InChI=1S/C20H22FNO/c21-18-10-8-17(9-11-18)19-12-13-22-15-20(19)23-14-4-7-16-5-2-1-3-6-16/h1-11,19-20,22H,12-15H2/b7-4+. The molecule has 0 spiro atoms. The first-order valence-corrected chi connectivity index (χ1v) is 8.12. The minimum absolute atomic E-state index is 0.120. The van der Waals surface area contributed by atoms with Crippen LogP contribution in [0.4, 0.5) is 4.39 Å². The van der Waals surface area contributed by atoms with Crippen LogP contribution in [-0.4, -0.2) is 25.8 Å². The van der Waals surface area contributed by atoms with Crippen LogP contribution >= 0.6 is 0 Å². The maximum Gasteiger partial charge on any atom is 0.123 e. The van der Waals surface area contributed by atoms with Gasteiger partial charge in [0.25, 0.3) is 0 Å². The Hall–Kier alpha value is -1.97. The smallest absolute Gasteiger partial charge is 0.123 e. The van der Waals surface area contributed by atoms with Crippen molar-refractivity contribution in [1.82, 2.24) is 5.32 Å². The minimum Gasteiger partial charge on any atom is -0.372 e. The summed E-state index contributed by atoms with van der Waals surface area (Å²) in [7, 11) is 0. The molecule has 2 atom stereocenters. The van der Waals surface area contributed by atoms with Gasteiger partial charge in [0.1, 0.15) is 5.82 Å². The summed E-state index contributed by atoms with van der Waals surface area (Å²) in [6, 6.07) is 17.0. The summed E-state index contributed by atoms with van der Waals surface area (Å²) < 4.78 is 19.2. The quantitative estimate of drug-likeness (QED) is 0.901. The van der Waals surface area contributed by atoms with E-state index in [2.05, 4.69) is 23.5 Å². The second kappa shape index (κ2) is 8.04. The lowest BCUT2D eigenvalue weighted by molar-refractivity contribution is 0.0394. The van der Waals surface area contributed by atoms with E-state index in [9.17, 15) is 4.39 Å². The minimum atomic E-state index is -0.189. The molecule has 3 rings (SSSR count). The molecule has 1 heterocycles. The molecule has 1 N–H and O–H groups in total. The summed E-state index contributed by atoms with van der Waals surface area (Å²) in [6.07, 6.45) is 5.25. The molecule has 120 valence electrons. The summed E-state index contributed by atoms with van der Waals surface area (Å²) in [5.74, 6) is 0.132. The number of halogens is 1. The van der Waals surface area contributed by atoms with Gasteiger partial charge in [-0.15, -0.1) is 0 Å². The van der Waals surface area contributed by atoms with E-state index in [4.69, 9.17) is 4.74 Å². The van der Waals surface area contributed by atoms with Crippen LogP contribution < -0.4 is 5.32 Å². The van der Waals surface area contributed by atoms with Crippen molar-refractivity contribution in [2.24, 2.45) is 0 Å². The zero-order chi connectivity index (χ0) is 15.9. The van der Waals surface area contributed by atoms with Gasteiger partial charge in [0.2, 0.25) is 0 Å². The van der Waals surface area contributed by atoms with Crippen molar-refractivity contribution in [2.75, 3.05) is 19.7 Å². The number of rotatable bonds is 5. The van der Waals surface area contributed by atoms with Crippen LogP contribution in [0.1, 0.15) is 23.5 Å². The van der Waals surface area contributed by atoms with Crippen molar-refractivity contribution < 1.29 is 9.13 Å². The van der Waals surface area contributed by atoms with Crippen molar-refractivity contribution in [3.63, 3.8) is 0 Å². The fourth-order valence-electron chi connectivity index (χ4n) is 3.02. The number of ether oxygens (including phenoxy) is 1. The fourth-order valence-corrected chi connectivity index (χ4v) is 3.02. The number of nitrogens with one attached hydrogen (secondary N) is 1. The van der Waals surface area contributed by atoms with E-state index >= 15 is 0 Å². The zero-order valence-corrected chi connectivity index (χ0v) is 13.1. The third-order valence-electron chi connectivity index (χ3n) is 4.24. The van der Waals surface area contributed by atoms with E-state index in [0.717, 1.165) is 25.1 Å². The maximum absolute atomic E-state index is 13.1. The van der Waals surface area contributed by atoms with Gasteiger partial charge in [0.15, 0.2) is 0 Å². The van der Waals surface area contributed by atoms with Gasteiger partial charge in [0.05, 0.1) is 12.7 Å². The van der Waals surface area contributed by atoms with Crippen LogP contribution in [0.15, 0.2) is 60.7 Å². The Morgan fingerprint density at radius 3 is 2.65 bits per heavy atom. The van der Waals surface area contributed by atoms with Crippen LogP contribution in [0.5, 0.6) is 0 Å². The monoisotopic (exact) mass is 311 g/mol. The SMILES string of the molecule is Fc1ccc(C2CCNCC2OC/C=C/c2ccccc2)cc1. The molecule has 0 saturated carbocycles. The second-order valence-corrected chi connectivity index (χ2v) is 5.84. The van der Waals surface area contributed by atoms with Gasteiger partial charge in [-0.25, -0.2) is 4.39 Å². The van der Waals surface area contributed by atoms with E-state index in [1.54, 1.807) is 0 Å². The van der Waals surface area contributed by atoms with Gasteiger partial charge in [-0.3, -0.25) is 0 Å². The van der Waals surface area contributed by atoms with E-state index in [1.165, 1.54) is 17.7 Å². The molecule has 0 bridgehead atoms. The Kier molecular flexibility index (Phi) is 5.56. The molecule has 23 heavy (non-hydrogen) atoms. The third-order valence-corrected chi connectivity index (χ3v) is 4.24.